The number of carboxylic acid groups (broad SMARTS) is 1. The van der Waals surface area contributed by atoms with Gasteiger partial charge in [-0.2, -0.15) is 13.2 Å². The second kappa shape index (κ2) is 6.34. The molecule has 0 saturated heterocycles. The van der Waals surface area contributed by atoms with E-state index in [9.17, 15) is 23.1 Å². The van der Waals surface area contributed by atoms with E-state index >= 15 is 0 Å². The highest BCUT2D eigenvalue weighted by molar-refractivity contribution is 5.68. The fraction of sp³-hybridized carbons (Fsp3) is 0.350. The zero-order valence-corrected chi connectivity index (χ0v) is 14.5. The zero-order valence-electron chi connectivity index (χ0n) is 14.5. The zero-order chi connectivity index (χ0) is 19.1. The molecule has 0 bridgehead atoms. The molecule has 0 heterocycles. The summed E-state index contributed by atoms with van der Waals surface area (Å²) in [5.74, 6) is 0. The van der Waals surface area contributed by atoms with Crippen LogP contribution in [0.4, 0.5) is 18.0 Å². The molecule has 26 heavy (non-hydrogen) atoms. The third-order valence-corrected chi connectivity index (χ3v) is 5.07. The lowest BCUT2D eigenvalue weighted by Crippen LogP contribution is -2.40. The lowest BCUT2D eigenvalue weighted by Gasteiger charge is -2.40. The molecule has 0 radical (unpaired) electrons. The van der Waals surface area contributed by atoms with Gasteiger partial charge in [-0.15, -0.1) is 0 Å². The Labute approximate surface area is 149 Å². The van der Waals surface area contributed by atoms with Gasteiger partial charge in [0, 0.05) is 0 Å². The Morgan fingerprint density at radius 1 is 1.15 bits per heavy atom. The van der Waals surface area contributed by atoms with E-state index in [1.807, 2.05) is 26.0 Å². The average molecular weight is 363 g/mol. The number of hydrogen-bond acceptors (Lipinski definition) is 1. The van der Waals surface area contributed by atoms with E-state index in [0.29, 0.717) is 11.1 Å². The van der Waals surface area contributed by atoms with Crippen LogP contribution in [0.5, 0.6) is 0 Å². The second-order valence-electron chi connectivity index (χ2n) is 7.36. The number of fused-ring (bicyclic) bond motifs is 1. The van der Waals surface area contributed by atoms with Gasteiger partial charge >= 0.3 is 12.3 Å². The van der Waals surface area contributed by atoms with Crippen molar-refractivity contribution < 1.29 is 23.1 Å². The lowest BCUT2D eigenvalue weighted by atomic mass is 9.70. The number of benzene rings is 2. The highest BCUT2D eigenvalue weighted by Crippen LogP contribution is 2.44. The van der Waals surface area contributed by atoms with Crippen molar-refractivity contribution in [3.63, 3.8) is 0 Å². The molecule has 1 amide bonds. The van der Waals surface area contributed by atoms with Crippen LogP contribution in [0.3, 0.4) is 0 Å². The lowest BCUT2D eigenvalue weighted by molar-refractivity contribution is -0.137. The molecule has 0 spiro atoms. The van der Waals surface area contributed by atoms with Crippen molar-refractivity contribution in [3.05, 3.63) is 59.2 Å². The fourth-order valence-electron chi connectivity index (χ4n) is 3.56. The van der Waals surface area contributed by atoms with Crippen LogP contribution >= 0.6 is 0 Å². The number of rotatable bonds is 2. The van der Waals surface area contributed by atoms with Gasteiger partial charge in [-0.3, -0.25) is 0 Å². The Bertz CT molecular complexity index is 843. The largest absolute Gasteiger partial charge is 0.465 e. The highest BCUT2D eigenvalue weighted by Gasteiger charge is 2.37. The first-order valence-electron chi connectivity index (χ1n) is 8.38. The Morgan fingerprint density at radius 3 is 2.50 bits per heavy atom. The first kappa shape index (κ1) is 18.3. The van der Waals surface area contributed by atoms with Crippen molar-refractivity contribution in [3.8, 4) is 11.1 Å². The molecular formula is C20H20F3NO2. The summed E-state index contributed by atoms with van der Waals surface area (Å²) in [5.41, 5.74) is 1.98. The molecule has 138 valence electrons. The maximum Gasteiger partial charge on any atom is 0.416 e. The van der Waals surface area contributed by atoms with Crippen LogP contribution in [0.25, 0.3) is 11.1 Å². The molecule has 1 atom stereocenters. The topological polar surface area (TPSA) is 49.3 Å². The van der Waals surface area contributed by atoms with E-state index in [1.54, 1.807) is 12.1 Å². The van der Waals surface area contributed by atoms with E-state index in [0.717, 1.165) is 36.1 Å². The summed E-state index contributed by atoms with van der Waals surface area (Å²) in [6.07, 6.45) is -3.88. The fourth-order valence-corrected chi connectivity index (χ4v) is 3.56. The van der Waals surface area contributed by atoms with Gasteiger partial charge in [0.25, 0.3) is 0 Å². The summed E-state index contributed by atoms with van der Waals surface area (Å²) in [6, 6.07) is 10.3. The monoisotopic (exact) mass is 363 g/mol. The minimum absolute atomic E-state index is 0.280. The van der Waals surface area contributed by atoms with Crippen molar-refractivity contribution in [1.82, 2.24) is 5.32 Å². The molecule has 1 aliphatic rings. The van der Waals surface area contributed by atoms with E-state index in [4.69, 9.17) is 0 Å². The van der Waals surface area contributed by atoms with Crippen molar-refractivity contribution in [1.29, 1.82) is 0 Å². The molecule has 0 unspecified atom stereocenters. The van der Waals surface area contributed by atoms with Crippen LogP contribution in [0.2, 0.25) is 0 Å². The molecule has 6 heteroatoms. The number of halogens is 3. The number of aryl methyl sites for hydroxylation is 1. The molecule has 0 aliphatic heterocycles. The number of amides is 1. The first-order valence-corrected chi connectivity index (χ1v) is 8.38. The summed E-state index contributed by atoms with van der Waals surface area (Å²) in [7, 11) is 0. The van der Waals surface area contributed by atoms with Gasteiger partial charge in [-0.05, 0) is 58.7 Å². The summed E-state index contributed by atoms with van der Waals surface area (Å²) >= 11 is 0. The standard InChI is InChI=1S/C20H20F3NO2/c1-19(2)9-8-12-6-7-14(11-16(12)17(19)24-18(25)26)13-4-3-5-15(10-13)20(21,22)23/h3-7,10-11,17,24H,8-9H2,1-2H3,(H,25,26)/t17-/m1/s1. The van der Waals surface area contributed by atoms with Gasteiger partial charge in [0.1, 0.15) is 0 Å². The van der Waals surface area contributed by atoms with Gasteiger partial charge in [0.15, 0.2) is 0 Å². The smallest absolute Gasteiger partial charge is 0.416 e. The van der Waals surface area contributed by atoms with Crippen molar-refractivity contribution >= 4 is 6.09 Å². The second-order valence-corrected chi connectivity index (χ2v) is 7.36. The van der Waals surface area contributed by atoms with Crippen LogP contribution in [0.15, 0.2) is 42.5 Å². The van der Waals surface area contributed by atoms with Crippen LogP contribution in [-0.2, 0) is 12.6 Å². The van der Waals surface area contributed by atoms with E-state index < -0.39 is 23.9 Å². The number of hydrogen-bond donors (Lipinski definition) is 2. The predicted molar refractivity (Wildman–Crippen MR) is 92.9 cm³/mol. The maximum absolute atomic E-state index is 13.0. The molecule has 0 fully saturated rings. The van der Waals surface area contributed by atoms with Gasteiger partial charge in [0.05, 0.1) is 11.6 Å². The highest BCUT2D eigenvalue weighted by atomic mass is 19.4. The van der Waals surface area contributed by atoms with E-state index in [-0.39, 0.29) is 5.41 Å². The summed E-state index contributed by atoms with van der Waals surface area (Å²) < 4.78 is 39.0. The van der Waals surface area contributed by atoms with Gasteiger partial charge in [0.2, 0.25) is 0 Å². The average Bonchev–Trinajstić information content (AvgIpc) is 2.56. The molecular weight excluding hydrogens is 343 g/mol. The van der Waals surface area contributed by atoms with Gasteiger partial charge in [-0.25, -0.2) is 4.79 Å². The molecule has 3 nitrogen and oxygen atoms in total. The van der Waals surface area contributed by atoms with Crippen LogP contribution in [-0.4, -0.2) is 11.2 Å². The van der Waals surface area contributed by atoms with Crippen LogP contribution in [0, 0.1) is 5.41 Å². The minimum atomic E-state index is -4.40. The van der Waals surface area contributed by atoms with Gasteiger partial charge < -0.3 is 10.4 Å². The van der Waals surface area contributed by atoms with Crippen LogP contribution < -0.4 is 5.32 Å². The molecule has 0 aromatic heterocycles. The maximum atomic E-state index is 13.0. The minimum Gasteiger partial charge on any atom is -0.465 e. The van der Waals surface area contributed by atoms with Crippen LogP contribution in [0.1, 0.15) is 43.0 Å². The molecule has 3 rings (SSSR count). The normalized spacial score (nSPS) is 18.9. The predicted octanol–water partition coefficient (Wildman–Crippen LogP) is 5.65. The first-order chi connectivity index (χ1) is 12.1. The number of carbonyl (C=O) groups is 1. The molecule has 2 N–H and O–H groups in total. The van der Waals surface area contributed by atoms with Crippen molar-refractivity contribution in [2.24, 2.45) is 5.41 Å². The van der Waals surface area contributed by atoms with Crippen molar-refractivity contribution in [2.45, 2.75) is 38.9 Å². The molecule has 0 saturated carbocycles. The van der Waals surface area contributed by atoms with Crippen molar-refractivity contribution in [2.75, 3.05) is 0 Å². The Balaban J connectivity index is 2.07. The number of nitrogens with one attached hydrogen (secondary N) is 1. The molecule has 2 aromatic rings. The van der Waals surface area contributed by atoms with Gasteiger partial charge in [-0.1, -0.05) is 38.1 Å². The summed E-state index contributed by atoms with van der Waals surface area (Å²) in [5, 5.41) is 11.8. The Kier molecular flexibility index (Phi) is 4.46. The number of alkyl halides is 3. The third-order valence-electron chi connectivity index (χ3n) is 5.07. The summed E-state index contributed by atoms with van der Waals surface area (Å²) in [4.78, 5) is 11.2. The van der Waals surface area contributed by atoms with E-state index in [2.05, 4.69) is 5.32 Å². The third kappa shape index (κ3) is 3.54. The Hall–Kier alpha value is -2.50. The van der Waals surface area contributed by atoms with E-state index in [1.165, 1.54) is 6.07 Å². The SMILES string of the molecule is CC1(C)CCc2ccc(-c3cccc(C(F)(F)F)c3)cc2[C@H]1NC(=O)O. The quantitative estimate of drug-likeness (QED) is 0.724. The molecule has 2 aromatic carbocycles. The Morgan fingerprint density at radius 2 is 1.85 bits per heavy atom. The summed E-state index contributed by atoms with van der Waals surface area (Å²) in [6.45, 7) is 3.99. The molecule has 1 aliphatic carbocycles.